The number of rotatable bonds is 2. The Kier molecular flexibility index (Phi) is 2.63. The molecule has 0 spiro atoms. The normalized spacial score (nSPS) is 35.2. The zero-order valence-electron chi connectivity index (χ0n) is 8.17. The average Bonchev–Trinajstić information content (AvgIpc) is 2.41. The Bertz CT molecular complexity index is 203. The van der Waals surface area contributed by atoms with Gasteiger partial charge in [0, 0.05) is 37.8 Å². The third-order valence-electron chi connectivity index (χ3n) is 3.14. The second kappa shape index (κ2) is 3.60. The van der Waals surface area contributed by atoms with Crippen LogP contribution in [-0.4, -0.2) is 49.6 Å². The van der Waals surface area contributed by atoms with Gasteiger partial charge in [-0.15, -0.1) is 0 Å². The SMILES string of the molecule is C=C(Cl)CN1CC2CN(C)CC2C1. The number of likely N-dealkylation sites (tertiary alicyclic amines) is 2. The molecule has 2 fully saturated rings. The van der Waals surface area contributed by atoms with Crippen LogP contribution in [0.25, 0.3) is 0 Å². The van der Waals surface area contributed by atoms with Crippen LogP contribution in [-0.2, 0) is 0 Å². The number of halogens is 1. The van der Waals surface area contributed by atoms with Crippen LogP contribution in [0.5, 0.6) is 0 Å². The largest absolute Gasteiger partial charge is 0.306 e. The predicted molar refractivity (Wildman–Crippen MR) is 55.9 cm³/mol. The molecular weight excluding hydrogens is 184 g/mol. The van der Waals surface area contributed by atoms with E-state index in [1.165, 1.54) is 26.2 Å². The highest BCUT2D eigenvalue weighted by Gasteiger charge is 2.38. The van der Waals surface area contributed by atoms with Gasteiger partial charge in [-0.05, 0) is 18.9 Å². The summed E-state index contributed by atoms with van der Waals surface area (Å²) in [4.78, 5) is 4.86. The Hall–Kier alpha value is -0.0500. The lowest BCUT2D eigenvalue weighted by molar-refractivity contribution is 0.297. The minimum absolute atomic E-state index is 0.772. The summed E-state index contributed by atoms with van der Waals surface area (Å²) in [6.07, 6.45) is 0. The molecule has 0 radical (unpaired) electrons. The summed E-state index contributed by atoms with van der Waals surface area (Å²) in [7, 11) is 2.21. The molecule has 2 atom stereocenters. The van der Waals surface area contributed by atoms with Gasteiger partial charge in [0.25, 0.3) is 0 Å². The van der Waals surface area contributed by atoms with Crippen LogP contribution in [0.4, 0.5) is 0 Å². The molecule has 2 saturated heterocycles. The van der Waals surface area contributed by atoms with Crippen LogP contribution < -0.4 is 0 Å². The minimum Gasteiger partial charge on any atom is -0.306 e. The molecule has 0 amide bonds. The van der Waals surface area contributed by atoms with E-state index in [1.807, 2.05) is 0 Å². The average molecular weight is 201 g/mol. The first-order valence-corrected chi connectivity index (χ1v) is 5.27. The highest BCUT2D eigenvalue weighted by Crippen LogP contribution is 2.30. The zero-order valence-corrected chi connectivity index (χ0v) is 8.93. The Balaban J connectivity index is 1.86. The Morgan fingerprint density at radius 1 is 1.31 bits per heavy atom. The molecule has 0 N–H and O–H groups in total. The highest BCUT2D eigenvalue weighted by molar-refractivity contribution is 6.29. The molecule has 2 nitrogen and oxygen atoms in total. The fraction of sp³-hybridized carbons (Fsp3) is 0.800. The fourth-order valence-corrected chi connectivity index (χ4v) is 2.87. The van der Waals surface area contributed by atoms with Gasteiger partial charge in [-0.25, -0.2) is 0 Å². The molecular formula is C10H17ClN2. The standard InChI is InChI=1S/C10H17ClN2/c1-8(11)3-13-6-9-4-12(2)5-10(9)7-13/h9-10H,1,3-7H2,2H3. The molecule has 2 aliphatic heterocycles. The maximum atomic E-state index is 5.80. The quantitative estimate of drug-likeness (QED) is 0.662. The molecule has 13 heavy (non-hydrogen) atoms. The van der Waals surface area contributed by atoms with Crippen LogP contribution in [0.1, 0.15) is 0 Å². The molecule has 3 heteroatoms. The molecule has 0 aliphatic carbocycles. The van der Waals surface area contributed by atoms with Crippen molar-refractivity contribution in [1.82, 2.24) is 9.80 Å². The predicted octanol–water partition coefficient (Wildman–Crippen LogP) is 1.23. The van der Waals surface area contributed by atoms with E-state index in [0.717, 1.165) is 23.4 Å². The lowest BCUT2D eigenvalue weighted by atomic mass is 10.0. The Labute approximate surface area is 85.1 Å². The maximum absolute atomic E-state index is 5.80. The van der Waals surface area contributed by atoms with Gasteiger partial charge in [0.2, 0.25) is 0 Å². The lowest BCUT2D eigenvalue weighted by Gasteiger charge is -2.17. The van der Waals surface area contributed by atoms with Gasteiger partial charge in [-0.1, -0.05) is 18.2 Å². The van der Waals surface area contributed by atoms with Crippen molar-refractivity contribution in [3.8, 4) is 0 Å². The van der Waals surface area contributed by atoms with E-state index in [-0.39, 0.29) is 0 Å². The maximum Gasteiger partial charge on any atom is 0.0335 e. The van der Waals surface area contributed by atoms with Crippen molar-refractivity contribution in [2.24, 2.45) is 11.8 Å². The summed E-state index contributed by atoms with van der Waals surface area (Å²) >= 11 is 5.80. The van der Waals surface area contributed by atoms with E-state index in [9.17, 15) is 0 Å². The third kappa shape index (κ3) is 2.06. The van der Waals surface area contributed by atoms with Crippen molar-refractivity contribution in [1.29, 1.82) is 0 Å². The second-order valence-corrected chi connectivity index (χ2v) is 4.99. The monoisotopic (exact) mass is 200 g/mol. The van der Waals surface area contributed by atoms with E-state index < -0.39 is 0 Å². The van der Waals surface area contributed by atoms with Crippen LogP contribution in [0, 0.1) is 11.8 Å². The fourth-order valence-electron chi connectivity index (χ4n) is 2.70. The number of nitrogens with zero attached hydrogens (tertiary/aromatic N) is 2. The van der Waals surface area contributed by atoms with Gasteiger partial charge in [0.15, 0.2) is 0 Å². The summed E-state index contributed by atoms with van der Waals surface area (Å²) in [5.41, 5.74) is 0. The van der Waals surface area contributed by atoms with Crippen molar-refractivity contribution in [2.45, 2.75) is 0 Å². The first-order valence-electron chi connectivity index (χ1n) is 4.89. The van der Waals surface area contributed by atoms with E-state index in [0.29, 0.717) is 0 Å². The van der Waals surface area contributed by atoms with E-state index in [4.69, 9.17) is 11.6 Å². The minimum atomic E-state index is 0.772. The van der Waals surface area contributed by atoms with Crippen molar-refractivity contribution < 1.29 is 0 Å². The van der Waals surface area contributed by atoms with Crippen molar-refractivity contribution in [3.63, 3.8) is 0 Å². The summed E-state index contributed by atoms with van der Waals surface area (Å²) < 4.78 is 0. The molecule has 0 aromatic heterocycles. The number of hydrogen-bond acceptors (Lipinski definition) is 2. The van der Waals surface area contributed by atoms with Gasteiger partial charge >= 0.3 is 0 Å². The van der Waals surface area contributed by atoms with Crippen LogP contribution in [0.15, 0.2) is 11.6 Å². The molecule has 0 bridgehead atoms. The molecule has 2 unspecified atom stereocenters. The third-order valence-corrected chi connectivity index (χ3v) is 3.26. The van der Waals surface area contributed by atoms with E-state index in [2.05, 4.69) is 23.4 Å². The van der Waals surface area contributed by atoms with Gasteiger partial charge in [0.1, 0.15) is 0 Å². The lowest BCUT2D eigenvalue weighted by Crippen LogP contribution is -2.27. The summed E-state index contributed by atoms with van der Waals surface area (Å²) in [6, 6.07) is 0. The van der Waals surface area contributed by atoms with Crippen molar-refractivity contribution in [3.05, 3.63) is 11.6 Å². The first-order chi connectivity index (χ1) is 6.15. The van der Waals surface area contributed by atoms with E-state index >= 15 is 0 Å². The van der Waals surface area contributed by atoms with Crippen molar-refractivity contribution >= 4 is 11.6 Å². The zero-order chi connectivity index (χ0) is 9.42. The van der Waals surface area contributed by atoms with Gasteiger partial charge in [-0.2, -0.15) is 0 Å². The molecule has 0 saturated carbocycles. The molecule has 0 aromatic carbocycles. The molecule has 2 aliphatic rings. The molecule has 2 rings (SSSR count). The Morgan fingerprint density at radius 3 is 2.31 bits per heavy atom. The van der Waals surface area contributed by atoms with Gasteiger partial charge in [0.05, 0.1) is 0 Å². The molecule has 0 aromatic rings. The summed E-state index contributed by atoms with van der Waals surface area (Å²) in [5, 5.41) is 0.772. The number of fused-ring (bicyclic) bond motifs is 1. The van der Waals surface area contributed by atoms with Crippen LogP contribution in [0.3, 0.4) is 0 Å². The highest BCUT2D eigenvalue weighted by atomic mass is 35.5. The van der Waals surface area contributed by atoms with Crippen LogP contribution in [0.2, 0.25) is 0 Å². The summed E-state index contributed by atoms with van der Waals surface area (Å²) in [5.74, 6) is 1.75. The van der Waals surface area contributed by atoms with Crippen molar-refractivity contribution in [2.75, 3.05) is 39.8 Å². The smallest absolute Gasteiger partial charge is 0.0335 e. The molecule has 74 valence electrons. The Morgan fingerprint density at radius 2 is 1.85 bits per heavy atom. The van der Waals surface area contributed by atoms with E-state index in [1.54, 1.807) is 0 Å². The number of hydrogen-bond donors (Lipinski definition) is 0. The second-order valence-electron chi connectivity index (χ2n) is 4.45. The summed E-state index contributed by atoms with van der Waals surface area (Å²) in [6.45, 7) is 9.55. The topological polar surface area (TPSA) is 6.48 Å². The molecule has 2 heterocycles. The van der Waals surface area contributed by atoms with Crippen LogP contribution >= 0.6 is 11.6 Å². The van der Waals surface area contributed by atoms with Gasteiger partial charge < -0.3 is 4.90 Å². The van der Waals surface area contributed by atoms with Gasteiger partial charge in [-0.3, -0.25) is 4.90 Å². The first kappa shape index (κ1) is 9.50.